The van der Waals surface area contributed by atoms with Gasteiger partial charge < -0.3 is 5.73 Å². The first-order valence-corrected chi connectivity index (χ1v) is 7.15. The Morgan fingerprint density at radius 3 is 1.88 bits per heavy atom. The predicted octanol–water partition coefficient (Wildman–Crippen LogP) is 4.66. The lowest BCUT2D eigenvalue weighted by Crippen LogP contribution is -1.96. The van der Waals surface area contributed by atoms with Gasteiger partial charge in [-0.2, -0.15) is 5.26 Å². The Balaban J connectivity index is 3.09. The molecule has 0 saturated carbocycles. The summed E-state index contributed by atoms with van der Waals surface area (Å²) in [6, 6.07) is 1.97. The maximum Gasteiger partial charge on any atom is 0.0930 e. The molecule has 0 atom stereocenters. The molecule has 0 aromatic heterocycles. The predicted molar refractivity (Wildman–Crippen MR) is 74.3 cm³/mol. The largest absolute Gasteiger partial charge is 0.401 e. The molecule has 0 aliphatic carbocycles. The van der Waals surface area contributed by atoms with Gasteiger partial charge in [0.2, 0.25) is 0 Å². The first kappa shape index (κ1) is 16.0. The Bertz CT molecular complexity index is 226. The van der Waals surface area contributed by atoms with Crippen LogP contribution in [0.5, 0.6) is 0 Å². The molecule has 0 spiro atoms. The lowest BCUT2D eigenvalue weighted by Gasteiger charge is -2.02. The molecule has 2 N–H and O–H groups in total. The van der Waals surface area contributed by atoms with E-state index in [9.17, 15) is 0 Å². The van der Waals surface area contributed by atoms with Crippen molar-refractivity contribution in [2.45, 2.75) is 77.6 Å². The smallest absolute Gasteiger partial charge is 0.0930 e. The number of nitriles is 1. The van der Waals surface area contributed by atoms with Crippen LogP contribution in [0.25, 0.3) is 0 Å². The van der Waals surface area contributed by atoms with Crippen molar-refractivity contribution in [3.63, 3.8) is 0 Å². The van der Waals surface area contributed by atoms with Gasteiger partial charge in [0, 0.05) is 11.8 Å². The van der Waals surface area contributed by atoms with Crippen molar-refractivity contribution in [2.24, 2.45) is 5.73 Å². The van der Waals surface area contributed by atoms with E-state index < -0.39 is 0 Å². The summed E-state index contributed by atoms with van der Waals surface area (Å²) in [6.07, 6.45) is 15.7. The highest BCUT2D eigenvalue weighted by atomic mass is 14.6. The van der Waals surface area contributed by atoms with E-state index in [0.29, 0.717) is 0 Å². The van der Waals surface area contributed by atoms with Crippen LogP contribution in [0, 0.1) is 11.3 Å². The van der Waals surface area contributed by atoms with Crippen LogP contribution in [0.15, 0.2) is 11.8 Å². The van der Waals surface area contributed by atoms with E-state index >= 15 is 0 Å². The number of nitrogens with zero attached hydrogens (tertiary/aromatic N) is 1. The molecule has 0 aliphatic rings. The van der Waals surface area contributed by atoms with Crippen LogP contribution in [-0.2, 0) is 0 Å². The van der Waals surface area contributed by atoms with Gasteiger partial charge in [-0.05, 0) is 12.8 Å². The zero-order valence-electron chi connectivity index (χ0n) is 11.4. The Hall–Kier alpha value is -0.970. The summed E-state index contributed by atoms with van der Waals surface area (Å²) < 4.78 is 0. The molecule has 0 bridgehead atoms. The van der Waals surface area contributed by atoms with Crippen LogP contribution >= 0.6 is 0 Å². The zero-order chi connectivity index (χ0) is 12.8. The molecular weight excluding hydrogens is 208 g/mol. The summed E-state index contributed by atoms with van der Waals surface area (Å²) in [5.74, 6) is 0. The summed E-state index contributed by atoms with van der Waals surface area (Å²) >= 11 is 0. The molecule has 0 aromatic rings. The molecule has 0 aliphatic heterocycles. The van der Waals surface area contributed by atoms with Gasteiger partial charge in [0.25, 0.3) is 0 Å². The van der Waals surface area contributed by atoms with Gasteiger partial charge in [0.15, 0.2) is 0 Å². The molecule has 98 valence electrons. The van der Waals surface area contributed by atoms with Crippen molar-refractivity contribution in [1.82, 2.24) is 0 Å². The fourth-order valence-electron chi connectivity index (χ4n) is 1.97. The fourth-order valence-corrected chi connectivity index (χ4v) is 1.97. The molecule has 0 rings (SSSR count). The van der Waals surface area contributed by atoms with Crippen molar-refractivity contribution in [3.05, 3.63) is 11.8 Å². The van der Waals surface area contributed by atoms with Crippen molar-refractivity contribution in [1.29, 1.82) is 5.26 Å². The Kier molecular flexibility index (Phi) is 12.3. The summed E-state index contributed by atoms with van der Waals surface area (Å²) in [4.78, 5) is 0. The lowest BCUT2D eigenvalue weighted by molar-refractivity contribution is 0.555. The first-order valence-electron chi connectivity index (χ1n) is 7.15. The number of nitrogens with two attached hydrogens (primary N) is 1. The number of hydrogen-bond donors (Lipinski definition) is 1. The molecule has 0 radical (unpaired) electrons. The highest BCUT2D eigenvalue weighted by Gasteiger charge is 1.94. The monoisotopic (exact) mass is 236 g/mol. The van der Waals surface area contributed by atoms with Gasteiger partial charge in [-0.25, -0.2) is 0 Å². The standard InChI is InChI=1S/C15H28N2/c1-2-3-4-5-6-7-8-9-10-11-12-15(17)13-14-16/h13H,2-12,17H2,1H3/b15-13+. The van der Waals surface area contributed by atoms with Crippen LogP contribution < -0.4 is 5.73 Å². The second-order valence-electron chi connectivity index (χ2n) is 4.78. The van der Waals surface area contributed by atoms with Gasteiger partial charge in [-0.1, -0.05) is 64.7 Å². The van der Waals surface area contributed by atoms with E-state index in [1.54, 1.807) is 0 Å². The molecule has 0 unspecified atom stereocenters. The van der Waals surface area contributed by atoms with Gasteiger partial charge >= 0.3 is 0 Å². The van der Waals surface area contributed by atoms with E-state index in [0.717, 1.165) is 18.5 Å². The van der Waals surface area contributed by atoms with Gasteiger partial charge in [-0.3, -0.25) is 0 Å². The van der Waals surface area contributed by atoms with Gasteiger partial charge in [0.05, 0.1) is 6.07 Å². The number of rotatable bonds is 11. The quantitative estimate of drug-likeness (QED) is 0.419. The van der Waals surface area contributed by atoms with Gasteiger partial charge in [0.1, 0.15) is 0 Å². The Morgan fingerprint density at radius 2 is 1.41 bits per heavy atom. The van der Waals surface area contributed by atoms with E-state index in [2.05, 4.69) is 6.92 Å². The van der Waals surface area contributed by atoms with Crippen LogP contribution in [0.3, 0.4) is 0 Å². The van der Waals surface area contributed by atoms with E-state index in [4.69, 9.17) is 11.0 Å². The highest BCUT2D eigenvalue weighted by Crippen LogP contribution is 2.12. The minimum atomic E-state index is 0.729. The third-order valence-corrected chi connectivity index (χ3v) is 3.07. The number of allylic oxidation sites excluding steroid dienone is 2. The molecule has 0 saturated heterocycles. The SMILES string of the molecule is CCCCCCCCCCCC/C(N)=C\C#N. The van der Waals surface area contributed by atoms with Crippen LogP contribution in [0.1, 0.15) is 77.6 Å². The van der Waals surface area contributed by atoms with E-state index in [1.165, 1.54) is 63.9 Å². The summed E-state index contributed by atoms with van der Waals surface area (Å²) in [5, 5.41) is 8.39. The van der Waals surface area contributed by atoms with Crippen LogP contribution in [-0.4, -0.2) is 0 Å². The molecular formula is C15H28N2. The zero-order valence-corrected chi connectivity index (χ0v) is 11.4. The summed E-state index contributed by atoms with van der Waals surface area (Å²) in [7, 11) is 0. The van der Waals surface area contributed by atoms with E-state index in [1.807, 2.05) is 6.07 Å². The maximum absolute atomic E-state index is 8.39. The normalized spacial score (nSPS) is 11.4. The number of hydrogen-bond acceptors (Lipinski definition) is 2. The summed E-state index contributed by atoms with van der Waals surface area (Å²) in [6.45, 7) is 2.26. The second kappa shape index (κ2) is 13.1. The maximum atomic E-state index is 8.39. The fraction of sp³-hybridized carbons (Fsp3) is 0.800. The third kappa shape index (κ3) is 13.0. The Morgan fingerprint density at radius 1 is 0.941 bits per heavy atom. The van der Waals surface area contributed by atoms with Crippen molar-refractivity contribution in [2.75, 3.05) is 0 Å². The summed E-state index contributed by atoms with van der Waals surface area (Å²) in [5.41, 5.74) is 6.36. The third-order valence-electron chi connectivity index (χ3n) is 3.07. The number of unbranched alkanes of at least 4 members (excludes halogenated alkanes) is 9. The van der Waals surface area contributed by atoms with Crippen LogP contribution in [0.2, 0.25) is 0 Å². The molecule has 17 heavy (non-hydrogen) atoms. The van der Waals surface area contributed by atoms with Gasteiger partial charge in [-0.15, -0.1) is 0 Å². The van der Waals surface area contributed by atoms with Crippen LogP contribution in [0.4, 0.5) is 0 Å². The highest BCUT2D eigenvalue weighted by molar-refractivity contribution is 5.09. The first-order chi connectivity index (χ1) is 8.31. The lowest BCUT2D eigenvalue weighted by atomic mass is 10.1. The molecule has 0 fully saturated rings. The van der Waals surface area contributed by atoms with Crippen molar-refractivity contribution < 1.29 is 0 Å². The topological polar surface area (TPSA) is 49.8 Å². The molecule has 2 nitrogen and oxygen atoms in total. The minimum Gasteiger partial charge on any atom is -0.401 e. The molecule has 0 amide bonds. The minimum absolute atomic E-state index is 0.729. The molecule has 2 heteroatoms. The average Bonchev–Trinajstić information content (AvgIpc) is 2.32. The van der Waals surface area contributed by atoms with Crippen molar-refractivity contribution in [3.8, 4) is 6.07 Å². The molecule has 0 aromatic carbocycles. The Labute approximate surface area is 107 Å². The average molecular weight is 236 g/mol. The molecule has 0 heterocycles. The van der Waals surface area contributed by atoms with E-state index in [-0.39, 0.29) is 0 Å². The van der Waals surface area contributed by atoms with Crippen molar-refractivity contribution >= 4 is 0 Å². The second-order valence-corrected chi connectivity index (χ2v) is 4.78.